The van der Waals surface area contributed by atoms with Crippen LogP contribution in [0.4, 0.5) is 5.69 Å². The van der Waals surface area contributed by atoms with Crippen LogP contribution < -0.4 is 15.7 Å². The van der Waals surface area contributed by atoms with Crippen molar-refractivity contribution >= 4 is 60.5 Å². The van der Waals surface area contributed by atoms with Crippen molar-refractivity contribution in [3.63, 3.8) is 0 Å². The number of fused-ring (bicyclic) bond motifs is 1. The van der Waals surface area contributed by atoms with Crippen LogP contribution in [0.5, 0.6) is 5.75 Å². The molecular formula is C26H19Br2NO4. The number of benzene rings is 3. The normalized spacial score (nSPS) is 11.2. The van der Waals surface area contributed by atoms with Crippen molar-refractivity contribution in [2.24, 2.45) is 0 Å². The molecule has 0 atom stereocenters. The molecule has 3 aromatic carbocycles. The molecule has 0 bridgehead atoms. The fourth-order valence-corrected chi connectivity index (χ4v) is 4.98. The predicted octanol–water partition coefficient (Wildman–Crippen LogP) is 6.95. The van der Waals surface area contributed by atoms with Gasteiger partial charge in [0, 0.05) is 27.2 Å². The molecular weight excluding hydrogens is 550 g/mol. The Bertz CT molecular complexity index is 1460. The lowest BCUT2D eigenvalue weighted by molar-refractivity contribution is -0.111. The lowest BCUT2D eigenvalue weighted by Crippen LogP contribution is -2.08. The molecule has 0 aliphatic carbocycles. The summed E-state index contributed by atoms with van der Waals surface area (Å²) in [4.78, 5) is 25.0. The fourth-order valence-electron chi connectivity index (χ4n) is 3.56. The molecule has 1 aromatic heterocycles. The van der Waals surface area contributed by atoms with Gasteiger partial charge in [-0.1, -0.05) is 40.2 Å². The quantitative estimate of drug-likeness (QED) is 0.209. The third-order valence-corrected chi connectivity index (χ3v) is 6.13. The second-order valence-corrected chi connectivity index (χ2v) is 9.12. The summed E-state index contributed by atoms with van der Waals surface area (Å²) in [5.74, 6) is 0.349. The van der Waals surface area contributed by atoms with Crippen molar-refractivity contribution < 1.29 is 13.9 Å². The summed E-state index contributed by atoms with van der Waals surface area (Å²) in [7, 11) is 1.58. The number of ether oxygens (including phenoxy) is 1. The van der Waals surface area contributed by atoms with Crippen molar-refractivity contribution in [2.45, 2.75) is 6.92 Å². The van der Waals surface area contributed by atoms with E-state index in [1.165, 1.54) is 6.08 Å². The zero-order chi connectivity index (χ0) is 23.5. The van der Waals surface area contributed by atoms with Gasteiger partial charge < -0.3 is 14.5 Å². The maximum atomic E-state index is 12.5. The highest BCUT2D eigenvalue weighted by molar-refractivity contribution is 9.11. The van der Waals surface area contributed by atoms with E-state index >= 15 is 0 Å². The maximum Gasteiger partial charge on any atom is 0.344 e. The zero-order valence-corrected chi connectivity index (χ0v) is 21.0. The first kappa shape index (κ1) is 23.0. The lowest BCUT2D eigenvalue weighted by Gasteiger charge is -2.10. The molecule has 166 valence electrons. The van der Waals surface area contributed by atoms with Gasteiger partial charge in [-0.2, -0.15) is 0 Å². The number of nitrogens with one attached hydrogen (secondary N) is 1. The predicted molar refractivity (Wildman–Crippen MR) is 139 cm³/mol. The Hall–Kier alpha value is -3.16. The van der Waals surface area contributed by atoms with E-state index in [-0.39, 0.29) is 5.91 Å². The fraction of sp³-hybridized carbons (Fsp3) is 0.0769. The minimum absolute atomic E-state index is 0.287. The Kier molecular flexibility index (Phi) is 6.81. The van der Waals surface area contributed by atoms with Crippen molar-refractivity contribution in [3.05, 3.63) is 97.2 Å². The molecule has 0 radical (unpaired) electrons. The molecule has 0 aliphatic heterocycles. The van der Waals surface area contributed by atoms with Crippen LogP contribution in [0.1, 0.15) is 11.1 Å². The van der Waals surface area contributed by atoms with Crippen LogP contribution in [0.25, 0.3) is 28.2 Å². The Balaban J connectivity index is 1.56. The summed E-state index contributed by atoms with van der Waals surface area (Å²) in [6.07, 6.45) is 3.13. The smallest absolute Gasteiger partial charge is 0.344 e. The summed E-state index contributed by atoms with van der Waals surface area (Å²) in [6, 6.07) is 18.3. The maximum absolute atomic E-state index is 12.5. The van der Waals surface area contributed by atoms with Gasteiger partial charge in [-0.25, -0.2) is 4.79 Å². The van der Waals surface area contributed by atoms with E-state index in [0.717, 1.165) is 31.0 Å². The Labute approximate surface area is 207 Å². The molecule has 1 N–H and O–H groups in total. The Morgan fingerprint density at radius 1 is 1.03 bits per heavy atom. The highest BCUT2D eigenvalue weighted by atomic mass is 79.9. The van der Waals surface area contributed by atoms with Gasteiger partial charge in [0.2, 0.25) is 5.91 Å². The SMILES string of the molecule is COc1c(Br)cc(Br)cc1/C=C/C(=O)Nc1ccc(-c2cc3ccccc3oc2=O)c(C)c1. The number of hydrogen-bond acceptors (Lipinski definition) is 4. The number of carbonyl (C=O) groups excluding carboxylic acids is 1. The molecule has 33 heavy (non-hydrogen) atoms. The van der Waals surface area contributed by atoms with Crippen LogP contribution in [0, 0.1) is 6.92 Å². The molecule has 0 aliphatic rings. The van der Waals surface area contributed by atoms with E-state index in [1.807, 2.05) is 55.5 Å². The summed E-state index contributed by atoms with van der Waals surface area (Å²) in [6.45, 7) is 1.89. The second kappa shape index (κ2) is 9.77. The number of para-hydroxylation sites is 1. The van der Waals surface area contributed by atoms with Crippen LogP contribution in [-0.4, -0.2) is 13.0 Å². The average Bonchev–Trinajstić information content (AvgIpc) is 2.77. The second-order valence-electron chi connectivity index (χ2n) is 7.35. The lowest BCUT2D eigenvalue weighted by atomic mass is 10.0. The van der Waals surface area contributed by atoms with Gasteiger partial charge in [-0.15, -0.1) is 0 Å². The molecule has 4 rings (SSSR count). The summed E-state index contributed by atoms with van der Waals surface area (Å²) in [5.41, 5.74) is 3.61. The van der Waals surface area contributed by atoms with Crippen molar-refractivity contribution in [2.75, 3.05) is 12.4 Å². The minimum Gasteiger partial charge on any atom is -0.495 e. The molecule has 0 saturated carbocycles. The van der Waals surface area contributed by atoms with Gasteiger partial charge in [0.05, 0.1) is 17.1 Å². The molecule has 1 amide bonds. The number of aryl methyl sites for hydroxylation is 1. The van der Waals surface area contributed by atoms with Crippen LogP contribution in [0.3, 0.4) is 0 Å². The Morgan fingerprint density at radius 3 is 2.58 bits per heavy atom. The van der Waals surface area contributed by atoms with E-state index in [1.54, 1.807) is 25.3 Å². The van der Waals surface area contributed by atoms with Crippen LogP contribution in [-0.2, 0) is 4.79 Å². The molecule has 1 heterocycles. The van der Waals surface area contributed by atoms with E-state index < -0.39 is 5.63 Å². The average molecular weight is 569 g/mol. The van der Waals surface area contributed by atoms with E-state index in [4.69, 9.17) is 9.15 Å². The van der Waals surface area contributed by atoms with E-state index in [2.05, 4.69) is 37.2 Å². The highest BCUT2D eigenvalue weighted by Crippen LogP contribution is 2.33. The van der Waals surface area contributed by atoms with Crippen LogP contribution in [0.2, 0.25) is 0 Å². The standard InChI is InChI=1S/C26H19Br2NO4/c1-15-11-19(29-24(30)10-7-17-12-18(27)14-22(28)25(17)32-2)8-9-20(15)21-13-16-5-3-4-6-23(16)33-26(21)31/h3-14H,1-2H3,(H,29,30)/b10-7+. The van der Waals surface area contributed by atoms with E-state index in [9.17, 15) is 9.59 Å². The van der Waals surface area contributed by atoms with Gasteiger partial charge in [-0.3, -0.25) is 4.79 Å². The topological polar surface area (TPSA) is 68.5 Å². The number of carbonyl (C=O) groups is 1. The van der Waals surface area contributed by atoms with Crippen molar-refractivity contribution in [1.29, 1.82) is 0 Å². The number of rotatable bonds is 5. The number of hydrogen-bond donors (Lipinski definition) is 1. The summed E-state index contributed by atoms with van der Waals surface area (Å²) >= 11 is 6.89. The summed E-state index contributed by atoms with van der Waals surface area (Å²) in [5, 5.41) is 3.70. The number of anilines is 1. The van der Waals surface area contributed by atoms with E-state index in [0.29, 0.717) is 22.6 Å². The third-order valence-electron chi connectivity index (χ3n) is 5.08. The molecule has 0 fully saturated rings. The van der Waals surface area contributed by atoms with Gasteiger partial charge >= 0.3 is 5.63 Å². The van der Waals surface area contributed by atoms with Gasteiger partial charge in [0.15, 0.2) is 0 Å². The van der Waals surface area contributed by atoms with Gasteiger partial charge in [0.25, 0.3) is 0 Å². The van der Waals surface area contributed by atoms with Crippen molar-refractivity contribution in [1.82, 2.24) is 0 Å². The molecule has 7 heteroatoms. The monoisotopic (exact) mass is 567 g/mol. The minimum atomic E-state index is -0.398. The van der Waals surface area contributed by atoms with Gasteiger partial charge in [0.1, 0.15) is 11.3 Å². The van der Waals surface area contributed by atoms with Crippen LogP contribution in [0.15, 0.2) is 84.9 Å². The third kappa shape index (κ3) is 5.10. The zero-order valence-electron chi connectivity index (χ0n) is 17.8. The number of amides is 1. The largest absolute Gasteiger partial charge is 0.495 e. The van der Waals surface area contributed by atoms with Crippen LogP contribution >= 0.6 is 31.9 Å². The van der Waals surface area contributed by atoms with Gasteiger partial charge in [-0.05, 0) is 76.5 Å². The summed E-state index contributed by atoms with van der Waals surface area (Å²) < 4.78 is 12.5. The first-order chi connectivity index (χ1) is 15.9. The molecule has 0 spiro atoms. The van der Waals surface area contributed by atoms with Crippen molar-refractivity contribution in [3.8, 4) is 16.9 Å². The first-order valence-electron chi connectivity index (χ1n) is 10.0. The molecule has 0 unspecified atom stereocenters. The number of halogens is 2. The highest BCUT2D eigenvalue weighted by Gasteiger charge is 2.12. The first-order valence-corrected chi connectivity index (χ1v) is 11.6. The number of methoxy groups -OCH3 is 1. The molecule has 0 saturated heterocycles. The molecule has 4 aromatic rings. The molecule has 5 nitrogen and oxygen atoms in total. The Morgan fingerprint density at radius 2 is 1.82 bits per heavy atom.